The zero-order valence-corrected chi connectivity index (χ0v) is 15.5. The topological polar surface area (TPSA) is 54.5 Å². The van der Waals surface area contributed by atoms with Gasteiger partial charge in [0, 0.05) is 24.2 Å². The van der Waals surface area contributed by atoms with E-state index in [4.69, 9.17) is 9.72 Å². The van der Waals surface area contributed by atoms with Gasteiger partial charge in [-0.2, -0.15) is 0 Å². The van der Waals surface area contributed by atoms with Crippen molar-refractivity contribution in [1.29, 1.82) is 0 Å². The molecule has 1 fully saturated rings. The van der Waals surface area contributed by atoms with E-state index < -0.39 is 0 Å². The first kappa shape index (κ1) is 18.2. The van der Waals surface area contributed by atoms with E-state index >= 15 is 0 Å². The summed E-state index contributed by atoms with van der Waals surface area (Å²) in [6.45, 7) is 1.88. The lowest BCUT2D eigenvalue weighted by atomic mass is 10.1. The number of nitrogens with one attached hydrogen (secondary N) is 1. The van der Waals surface area contributed by atoms with Gasteiger partial charge in [0.05, 0.1) is 0 Å². The summed E-state index contributed by atoms with van der Waals surface area (Å²) < 4.78 is 18.7. The number of rotatable bonds is 5. The van der Waals surface area contributed by atoms with E-state index in [9.17, 15) is 9.18 Å². The smallest absolute Gasteiger partial charge is 0.262 e. The van der Waals surface area contributed by atoms with Crippen molar-refractivity contribution >= 4 is 28.3 Å². The predicted molar refractivity (Wildman–Crippen MR) is 108 cm³/mol. The van der Waals surface area contributed by atoms with Crippen LogP contribution in [0.5, 0.6) is 5.75 Å². The fourth-order valence-electron chi connectivity index (χ4n) is 3.40. The summed E-state index contributed by atoms with van der Waals surface area (Å²) in [5.41, 5.74) is 1.28. The molecule has 1 aliphatic heterocycles. The van der Waals surface area contributed by atoms with Crippen LogP contribution in [0.3, 0.4) is 0 Å². The van der Waals surface area contributed by atoms with Crippen molar-refractivity contribution in [3.05, 3.63) is 60.4 Å². The molecule has 0 saturated carbocycles. The lowest BCUT2D eigenvalue weighted by Gasteiger charge is -2.28. The number of anilines is 2. The average Bonchev–Trinajstić information content (AvgIpc) is 2.74. The second-order valence-corrected chi connectivity index (χ2v) is 6.89. The molecule has 0 unspecified atom stereocenters. The van der Waals surface area contributed by atoms with E-state index in [0.29, 0.717) is 11.4 Å². The second-order valence-electron chi connectivity index (χ2n) is 6.89. The Balaban J connectivity index is 1.48. The third kappa shape index (κ3) is 4.22. The normalized spacial score (nSPS) is 14.1. The van der Waals surface area contributed by atoms with Crippen LogP contribution in [-0.2, 0) is 4.79 Å². The largest absolute Gasteiger partial charge is 0.481 e. The zero-order valence-electron chi connectivity index (χ0n) is 15.5. The Morgan fingerprint density at radius 1 is 1.04 bits per heavy atom. The molecule has 1 saturated heterocycles. The average molecular weight is 379 g/mol. The van der Waals surface area contributed by atoms with Crippen molar-refractivity contribution in [3.63, 3.8) is 0 Å². The monoisotopic (exact) mass is 379 g/mol. The highest BCUT2D eigenvalue weighted by Crippen LogP contribution is 2.27. The van der Waals surface area contributed by atoms with Gasteiger partial charge in [0.1, 0.15) is 22.9 Å². The molecule has 0 bridgehead atoms. The van der Waals surface area contributed by atoms with Crippen molar-refractivity contribution in [3.8, 4) is 5.75 Å². The first-order valence-corrected chi connectivity index (χ1v) is 9.52. The summed E-state index contributed by atoms with van der Waals surface area (Å²) >= 11 is 0. The molecule has 2 aromatic carbocycles. The summed E-state index contributed by atoms with van der Waals surface area (Å²) in [7, 11) is 0. The SMILES string of the molecule is O=C(COc1cccc2ccc(N3CCCCC3)nc12)Nc1ccc(F)cc1. The molecule has 5 nitrogen and oxygen atoms in total. The van der Waals surface area contributed by atoms with E-state index in [1.165, 1.54) is 43.5 Å². The number of aromatic nitrogens is 1. The highest BCUT2D eigenvalue weighted by atomic mass is 19.1. The van der Waals surface area contributed by atoms with Crippen LogP contribution < -0.4 is 15.0 Å². The number of fused-ring (bicyclic) bond motifs is 1. The van der Waals surface area contributed by atoms with Crippen molar-refractivity contribution in [1.82, 2.24) is 4.98 Å². The number of pyridine rings is 1. The van der Waals surface area contributed by atoms with Gasteiger partial charge < -0.3 is 15.0 Å². The molecular formula is C22H22FN3O2. The van der Waals surface area contributed by atoms with Crippen molar-refractivity contribution in [2.75, 3.05) is 29.9 Å². The van der Waals surface area contributed by atoms with Crippen LogP contribution in [-0.4, -0.2) is 30.6 Å². The number of carbonyl (C=O) groups is 1. The molecule has 144 valence electrons. The van der Waals surface area contributed by atoms with Gasteiger partial charge in [0.2, 0.25) is 0 Å². The van der Waals surface area contributed by atoms with Crippen LogP contribution in [0.2, 0.25) is 0 Å². The maximum absolute atomic E-state index is 13.0. The van der Waals surface area contributed by atoms with E-state index in [1.807, 2.05) is 30.3 Å². The van der Waals surface area contributed by atoms with Crippen LogP contribution in [0.15, 0.2) is 54.6 Å². The molecule has 1 N–H and O–H groups in total. The predicted octanol–water partition coefficient (Wildman–Crippen LogP) is 4.38. The highest BCUT2D eigenvalue weighted by Gasteiger charge is 2.14. The third-order valence-electron chi connectivity index (χ3n) is 4.84. The molecule has 1 amide bonds. The summed E-state index contributed by atoms with van der Waals surface area (Å²) in [6.07, 6.45) is 3.63. The molecule has 28 heavy (non-hydrogen) atoms. The van der Waals surface area contributed by atoms with Crippen LogP contribution in [0.1, 0.15) is 19.3 Å². The second kappa shape index (κ2) is 8.25. The molecule has 0 aliphatic carbocycles. The fourth-order valence-corrected chi connectivity index (χ4v) is 3.40. The molecule has 3 aromatic rings. The Labute approximate surface area is 163 Å². The number of hydrogen-bond acceptors (Lipinski definition) is 4. The molecule has 4 rings (SSSR count). The van der Waals surface area contributed by atoms with Gasteiger partial charge in [0.15, 0.2) is 6.61 Å². The minimum Gasteiger partial charge on any atom is -0.481 e. The van der Waals surface area contributed by atoms with Gasteiger partial charge in [-0.3, -0.25) is 4.79 Å². The highest BCUT2D eigenvalue weighted by molar-refractivity contribution is 5.92. The van der Waals surface area contributed by atoms with Gasteiger partial charge in [-0.25, -0.2) is 9.37 Å². The van der Waals surface area contributed by atoms with E-state index in [-0.39, 0.29) is 18.3 Å². The number of piperidine rings is 1. The maximum atomic E-state index is 13.0. The number of amides is 1. The fraction of sp³-hybridized carbons (Fsp3) is 0.273. The maximum Gasteiger partial charge on any atom is 0.262 e. The van der Waals surface area contributed by atoms with Gasteiger partial charge in [-0.1, -0.05) is 12.1 Å². The lowest BCUT2D eigenvalue weighted by molar-refractivity contribution is -0.118. The van der Waals surface area contributed by atoms with Crippen molar-refractivity contribution in [2.24, 2.45) is 0 Å². The number of halogens is 1. The molecule has 0 atom stereocenters. The Morgan fingerprint density at radius 2 is 1.82 bits per heavy atom. The minimum atomic E-state index is -0.347. The Kier molecular flexibility index (Phi) is 5.37. The standard InChI is InChI=1S/C22H22FN3O2/c23-17-8-10-18(11-9-17)24-21(27)15-28-19-6-4-5-16-7-12-20(25-22(16)19)26-13-2-1-3-14-26/h4-12H,1-3,13-15H2,(H,24,27). The molecule has 0 spiro atoms. The first-order chi connectivity index (χ1) is 13.7. The van der Waals surface area contributed by atoms with Gasteiger partial charge in [-0.05, 0) is 61.7 Å². The number of para-hydroxylation sites is 1. The summed E-state index contributed by atoms with van der Waals surface area (Å²) in [4.78, 5) is 19.3. The Hall–Kier alpha value is -3.15. The van der Waals surface area contributed by atoms with Crippen molar-refractivity contribution in [2.45, 2.75) is 19.3 Å². The number of benzene rings is 2. The van der Waals surface area contributed by atoms with E-state index in [1.54, 1.807) is 0 Å². The van der Waals surface area contributed by atoms with Gasteiger partial charge in [-0.15, -0.1) is 0 Å². The minimum absolute atomic E-state index is 0.147. The summed E-state index contributed by atoms with van der Waals surface area (Å²) in [5, 5.41) is 3.66. The van der Waals surface area contributed by atoms with E-state index in [0.717, 1.165) is 29.8 Å². The van der Waals surface area contributed by atoms with Crippen molar-refractivity contribution < 1.29 is 13.9 Å². The van der Waals surface area contributed by atoms with Gasteiger partial charge in [0.25, 0.3) is 5.91 Å². The summed E-state index contributed by atoms with van der Waals surface area (Å²) in [6, 6.07) is 15.4. The zero-order chi connectivity index (χ0) is 19.3. The molecule has 1 aromatic heterocycles. The van der Waals surface area contributed by atoms with Crippen LogP contribution in [0.4, 0.5) is 15.9 Å². The number of hydrogen-bond donors (Lipinski definition) is 1. The van der Waals surface area contributed by atoms with Crippen LogP contribution in [0, 0.1) is 5.82 Å². The molecular weight excluding hydrogens is 357 g/mol. The third-order valence-corrected chi connectivity index (χ3v) is 4.84. The van der Waals surface area contributed by atoms with Crippen LogP contribution >= 0.6 is 0 Å². The van der Waals surface area contributed by atoms with E-state index in [2.05, 4.69) is 10.2 Å². The van der Waals surface area contributed by atoms with Gasteiger partial charge >= 0.3 is 0 Å². The number of carbonyl (C=O) groups excluding carboxylic acids is 1. The number of nitrogens with zero attached hydrogens (tertiary/aromatic N) is 2. The molecule has 6 heteroatoms. The quantitative estimate of drug-likeness (QED) is 0.715. The summed E-state index contributed by atoms with van der Waals surface area (Å²) in [5.74, 6) is 0.862. The molecule has 2 heterocycles. The lowest BCUT2D eigenvalue weighted by Crippen LogP contribution is -2.30. The molecule has 0 radical (unpaired) electrons. The Morgan fingerprint density at radius 3 is 2.61 bits per heavy atom. The Bertz CT molecular complexity index is 969. The van der Waals surface area contributed by atoms with Crippen LogP contribution in [0.25, 0.3) is 10.9 Å². The first-order valence-electron chi connectivity index (χ1n) is 9.52. The number of ether oxygens (including phenoxy) is 1. The molecule has 1 aliphatic rings.